The second kappa shape index (κ2) is 5.26. The Labute approximate surface area is 137 Å². The number of pyridine rings is 2. The molecule has 4 rings (SSSR count). The lowest BCUT2D eigenvalue weighted by Gasteiger charge is -2.22. The largest absolute Gasteiger partial charge is 0.327 e. The number of aryl methyl sites for hydroxylation is 1. The van der Waals surface area contributed by atoms with Crippen LogP contribution in [0.1, 0.15) is 5.56 Å². The number of nitrogens with zero attached hydrogens (tertiary/aromatic N) is 4. The number of hydrogen-bond acceptors (Lipinski definition) is 5. The second-order valence-corrected chi connectivity index (χ2v) is 6.41. The molecule has 3 aromatic heterocycles. The van der Waals surface area contributed by atoms with E-state index in [9.17, 15) is 0 Å². The summed E-state index contributed by atoms with van der Waals surface area (Å²) in [6.07, 6.45) is 9.59. The predicted molar refractivity (Wildman–Crippen MR) is 92.6 cm³/mol. The molecule has 0 unspecified atom stereocenters. The Hall–Kier alpha value is -2.11. The van der Waals surface area contributed by atoms with Gasteiger partial charge in [-0.05, 0) is 24.6 Å². The summed E-state index contributed by atoms with van der Waals surface area (Å²) in [6, 6.07) is 4.02. The van der Waals surface area contributed by atoms with E-state index in [1.165, 1.54) is 5.56 Å². The van der Waals surface area contributed by atoms with Crippen LogP contribution in [0.2, 0.25) is 5.15 Å². The number of thiophene rings is 1. The van der Waals surface area contributed by atoms with Crippen molar-refractivity contribution in [1.29, 1.82) is 0 Å². The van der Waals surface area contributed by atoms with Gasteiger partial charge in [0.1, 0.15) is 5.15 Å². The highest BCUT2D eigenvalue weighted by atomic mass is 35.5. The van der Waals surface area contributed by atoms with Crippen LogP contribution in [0.5, 0.6) is 0 Å². The van der Waals surface area contributed by atoms with Crippen molar-refractivity contribution in [2.45, 2.75) is 6.92 Å². The number of rotatable bonds is 2. The van der Waals surface area contributed by atoms with E-state index in [1.54, 1.807) is 17.5 Å². The first-order valence-electron chi connectivity index (χ1n) is 6.88. The van der Waals surface area contributed by atoms with Gasteiger partial charge in [0.15, 0.2) is 0 Å². The molecular weight excluding hydrogens is 316 g/mol. The molecule has 1 aliphatic heterocycles. The molecule has 0 N–H and O–H groups in total. The van der Waals surface area contributed by atoms with Gasteiger partial charge in [0.25, 0.3) is 0 Å². The molecule has 4 nitrogen and oxygen atoms in total. The van der Waals surface area contributed by atoms with Crippen LogP contribution in [-0.2, 0) is 0 Å². The summed E-state index contributed by atoms with van der Waals surface area (Å²) in [4.78, 5) is 12.8. The fraction of sp³-hybridized carbons (Fsp3) is 0.125. The van der Waals surface area contributed by atoms with Gasteiger partial charge in [-0.25, -0.2) is 4.98 Å². The Morgan fingerprint density at radius 3 is 2.77 bits per heavy atom. The van der Waals surface area contributed by atoms with E-state index in [0.29, 0.717) is 5.15 Å². The van der Waals surface area contributed by atoms with Crippen molar-refractivity contribution >= 4 is 44.4 Å². The standard InChI is InChI=1S/C16H13ClN4S/c1-11-2-4-18-8-12(11)20-6-7-21(10-20)13-9-22-14-3-5-19-16(17)15(13)14/h2-9H,10H2,1H3. The van der Waals surface area contributed by atoms with Gasteiger partial charge in [-0.2, -0.15) is 0 Å². The van der Waals surface area contributed by atoms with Gasteiger partial charge in [0.2, 0.25) is 0 Å². The van der Waals surface area contributed by atoms with Crippen LogP contribution in [0.3, 0.4) is 0 Å². The Kier molecular flexibility index (Phi) is 3.24. The molecule has 0 atom stereocenters. The highest BCUT2D eigenvalue weighted by Gasteiger charge is 2.20. The Bertz CT molecular complexity index is 873. The van der Waals surface area contributed by atoms with Crippen molar-refractivity contribution in [1.82, 2.24) is 9.97 Å². The summed E-state index contributed by atoms with van der Waals surface area (Å²) in [7, 11) is 0. The predicted octanol–water partition coefficient (Wildman–Crippen LogP) is 4.41. The molecule has 3 aromatic rings. The minimum absolute atomic E-state index is 0.554. The molecule has 0 bridgehead atoms. The molecule has 0 aromatic carbocycles. The molecule has 1 aliphatic rings. The Morgan fingerprint density at radius 1 is 1.14 bits per heavy atom. The first-order valence-corrected chi connectivity index (χ1v) is 8.14. The van der Waals surface area contributed by atoms with Crippen LogP contribution in [-0.4, -0.2) is 16.6 Å². The highest BCUT2D eigenvalue weighted by Crippen LogP contribution is 2.38. The zero-order valence-corrected chi connectivity index (χ0v) is 13.5. The topological polar surface area (TPSA) is 32.3 Å². The van der Waals surface area contributed by atoms with Crippen LogP contribution < -0.4 is 9.80 Å². The normalized spacial score (nSPS) is 14.3. The zero-order chi connectivity index (χ0) is 15.1. The van der Waals surface area contributed by atoms with E-state index in [-0.39, 0.29) is 0 Å². The fourth-order valence-electron chi connectivity index (χ4n) is 2.63. The molecule has 0 spiro atoms. The van der Waals surface area contributed by atoms with Crippen LogP contribution in [0.4, 0.5) is 11.4 Å². The molecule has 0 aliphatic carbocycles. The molecule has 0 saturated heterocycles. The summed E-state index contributed by atoms with van der Waals surface area (Å²) in [5.41, 5.74) is 3.42. The third kappa shape index (κ3) is 2.14. The van der Waals surface area contributed by atoms with Gasteiger partial charge in [-0.15, -0.1) is 11.3 Å². The van der Waals surface area contributed by atoms with Crippen LogP contribution in [0, 0.1) is 6.92 Å². The lowest BCUT2D eigenvalue weighted by atomic mass is 10.2. The lowest BCUT2D eigenvalue weighted by molar-refractivity contribution is 0.969. The monoisotopic (exact) mass is 328 g/mol. The average Bonchev–Trinajstić information content (AvgIpc) is 3.14. The SMILES string of the molecule is Cc1ccncc1N1C=CN(c2csc3ccnc(Cl)c23)C1. The van der Waals surface area contributed by atoms with Gasteiger partial charge in [0.05, 0.1) is 29.6 Å². The highest BCUT2D eigenvalue weighted by molar-refractivity contribution is 7.18. The number of anilines is 2. The maximum absolute atomic E-state index is 6.28. The number of fused-ring (bicyclic) bond motifs is 1. The first-order chi connectivity index (χ1) is 10.7. The molecule has 22 heavy (non-hydrogen) atoms. The van der Waals surface area contributed by atoms with Crippen molar-refractivity contribution < 1.29 is 0 Å². The Morgan fingerprint density at radius 2 is 1.95 bits per heavy atom. The molecule has 0 amide bonds. The maximum Gasteiger partial charge on any atom is 0.139 e. The molecule has 110 valence electrons. The van der Waals surface area contributed by atoms with Gasteiger partial charge < -0.3 is 9.80 Å². The quantitative estimate of drug-likeness (QED) is 0.652. The third-order valence-corrected chi connectivity index (χ3v) is 5.00. The molecule has 0 fully saturated rings. The molecule has 0 saturated carbocycles. The van der Waals surface area contributed by atoms with Crippen molar-refractivity contribution in [3.05, 3.63) is 59.2 Å². The maximum atomic E-state index is 6.28. The summed E-state index contributed by atoms with van der Waals surface area (Å²) in [6.45, 7) is 2.83. The van der Waals surface area contributed by atoms with E-state index in [1.807, 2.05) is 24.5 Å². The van der Waals surface area contributed by atoms with Crippen LogP contribution in [0.25, 0.3) is 10.1 Å². The number of aromatic nitrogens is 2. The fourth-order valence-corrected chi connectivity index (χ4v) is 3.89. The van der Waals surface area contributed by atoms with Gasteiger partial charge >= 0.3 is 0 Å². The van der Waals surface area contributed by atoms with Crippen LogP contribution >= 0.6 is 22.9 Å². The summed E-state index contributed by atoms with van der Waals surface area (Å²) >= 11 is 7.97. The molecule has 6 heteroatoms. The molecule has 4 heterocycles. The van der Waals surface area contributed by atoms with Gasteiger partial charge in [-0.1, -0.05) is 11.6 Å². The van der Waals surface area contributed by atoms with Crippen LogP contribution in [0.15, 0.2) is 48.5 Å². The van der Waals surface area contributed by atoms with E-state index < -0.39 is 0 Å². The summed E-state index contributed by atoms with van der Waals surface area (Å²) in [5.74, 6) is 0. The number of hydrogen-bond donors (Lipinski definition) is 0. The van der Waals surface area contributed by atoms with E-state index >= 15 is 0 Å². The van der Waals surface area contributed by atoms with E-state index in [0.717, 1.165) is 28.1 Å². The smallest absolute Gasteiger partial charge is 0.139 e. The summed E-state index contributed by atoms with van der Waals surface area (Å²) in [5, 5.41) is 3.70. The average molecular weight is 329 g/mol. The molecule has 0 radical (unpaired) electrons. The summed E-state index contributed by atoms with van der Waals surface area (Å²) < 4.78 is 1.15. The molecular formula is C16H13ClN4S. The van der Waals surface area contributed by atoms with Gasteiger partial charge in [-0.3, -0.25) is 4.98 Å². The van der Waals surface area contributed by atoms with Gasteiger partial charge in [0, 0.05) is 34.9 Å². The Balaban J connectivity index is 1.69. The van der Waals surface area contributed by atoms with Crippen molar-refractivity contribution in [3.8, 4) is 0 Å². The van der Waals surface area contributed by atoms with Crippen molar-refractivity contribution in [2.75, 3.05) is 16.5 Å². The van der Waals surface area contributed by atoms with E-state index in [2.05, 4.69) is 44.5 Å². The lowest BCUT2D eigenvalue weighted by Crippen LogP contribution is -2.25. The first kappa shape index (κ1) is 13.5. The van der Waals surface area contributed by atoms with E-state index in [4.69, 9.17) is 11.6 Å². The minimum Gasteiger partial charge on any atom is -0.327 e. The number of halogens is 1. The minimum atomic E-state index is 0.554. The van der Waals surface area contributed by atoms with Crippen molar-refractivity contribution in [3.63, 3.8) is 0 Å². The zero-order valence-electron chi connectivity index (χ0n) is 11.9. The van der Waals surface area contributed by atoms with Crippen molar-refractivity contribution in [2.24, 2.45) is 0 Å². The second-order valence-electron chi connectivity index (χ2n) is 5.14. The third-order valence-electron chi connectivity index (χ3n) is 3.78.